The average molecular weight is 345 g/mol. The van der Waals surface area contributed by atoms with E-state index < -0.39 is 0 Å². The maximum absolute atomic E-state index is 2.72. The predicted molar refractivity (Wildman–Crippen MR) is 111 cm³/mol. The van der Waals surface area contributed by atoms with Crippen LogP contribution in [-0.4, -0.2) is 37.6 Å². The molecule has 1 spiro atoms. The highest BCUT2D eigenvalue weighted by Gasteiger charge is 2.47. The van der Waals surface area contributed by atoms with Crippen molar-refractivity contribution < 1.29 is 0 Å². The lowest BCUT2D eigenvalue weighted by Gasteiger charge is -2.57. The lowest BCUT2D eigenvalue weighted by molar-refractivity contribution is -0.0676. The van der Waals surface area contributed by atoms with Crippen molar-refractivity contribution in [1.29, 1.82) is 0 Å². The van der Waals surface area contributed by atoms with Crippen LogP contribution in [0.4, 0.5) is 5.69 Å². The molecule has 3 fully saturated rings. The first kappa shape index (κ1) is 20.3. The Labute approximate surface area is 156 Å². The summed E-state index contributed by atoms with van der Waals surface area (Å²) in [4.78, 5) is 5.28. The van der Waals surface area contributed by atoms with Gasteiger partial charge in [0.15, 0.2) is 0 Å². The first-order valence-corrected chi connectivity index (χ1v) is 10.8. The predicted octanol–water partition coefficient (Wildman–Crippen LogP) is 5.83. The molecule has 25 heavy (non-hydrogen) atoms. The molecule has 2 aliphatic heterocycles. The van der Waals surface area contributed by atoms with E-state index in [-0.39, 0.29) is 0 Å². The van der Waals surface area contributed by atoms with E-state index in [1.165, 1.54) is 76.9 Å². The molecule has 142 valence electrons. The topological polar surface area (TPSA) is 6.48 Å². The molecule has 3 aliphatic rings. The SMILES string of the molecule is CC.CCC.c1ccc(N2CCC(CN3CC4(CCC4)C3)CC2)cc1. The van der Waals surface area contributed by atoms with Crippen molar-refractivity contribution in [3.63, 3.8) is 0 Å². The van der Waals surface area contributed by atoms with Crippen molar-refractivity contribution in [1.82, 2.24) is 4.90 Å². The van der Waals surface area contributed by atoms with Crippen LogP contribution in [0.2, 0.25) is 0 Å². The van der Waals surface area contributed by atoms with Crippen molar-refractivity contribution in [2.75, 3.05) is 37.6 Å². The molecule has 1 aliphatic carbocycles. The minimum atomic E-state index is 0.796. The average Bonchev–Trinajstić information content (AvgIpc) is 2.60. The first-order chi connectivity index (χ1) is 12.2. The summed E-state index contributed by atoms with van der Waals surface area (Å²) in [6.07, 6.45) is 8.51. The van der Waals surface area contributed by atoms with Gasteiger partial charge in [0.2, 0.25) is 0 Å². The molecule has 4 rings (SSSR count). The molecule has 2 heteroatoms. The zero-order valence-electron chi connectivity index (χ0n) is 17.1. The second-order valence-electron chi connectivity index (χ2n) is 8.00. The molecule has 2 heterocycles. The van der Waals surface area contributed by atoms with E-state index in [9.17, 15) is 0 Å². The maximum Gasteiger partial charge on any atom is 0.0366 e. The van der Waals surface area contributed by atoms with Crippen LogP contribution in [0.15, 0.2) is 30.3 Å². The molecule has 1 saturated carbocycles. The fourth-order valence-electron chi connectivity index (χ4n) is 4.40. The molecule has 1 aromatic carbocycles. The van der Waals surface area contributed by atoms with Gasteiger partial charge in [-0.3, -0.25) is 0 Å². The summed E-state index contributed by atoms with van der Waals surface area (Å²) in [7, 11) is 0. The molecule has 0 unspecified atom stereocenters. The van der Waals surface area contributed by atoms with E-state index in [2.05, 4.69) is 54.0 Å². The van der Waals surface area contributed by atoms with Crippen LogP contribution < -0.4 is 4.90 Å². The quantitative estimate of drug-likeness (QED) is 0.680. The van der Waals surface area contributed by atoms with E-state index in [1.807, 2.05) is 13.8 Å². The third kappa shape index (κ3) is 5.48. The largest absolute Gasteiger partial charge is 0.372 e. The van der Waals surface area contributed by atoms with Crippen LogP contribution in [0.5, 0.6) is 0 Å². The van der Waals surface area contributed by atoms with Gasteiger partial charge in [0.05, 0.1) is 0 Å². The summed E-state index contributed by atoms with van der Waals surface area (Å²) in [5.74, 6) is 0.937. The number of rotatable bonds is 3. The van der Waals surface area contributed by atoms with Crippen molar-refractivity contribution in [3.05, 3.63) is 30.3 Å². The molecule has 0 amide bonds. The number of likely N-dealkylation sites (tertiary alicyclic amines) is 1. The molecule has 0 N–H and O–H groups in total. The van der Waals surface area contributed by atoms with Crippen molar-refractivity contribution in [3.8, 4) is 0 Å². The number of para-hydroxylation sites is 1. The van der Waals surface area contributed by atoms with Crippen LogP contribution in [0.25, 0.3) is 0 Å². The minimum absolute atomic E-state index is 0.796. The third-order valence-corrected chi connectivity index (χ3v) is 5.78. The van der Waals surface area contributed by atoms with Gasteiger partial charge in [-0.1, -0.05) is 58.7 Å². The molecule has 2 nitrogen and oxygen atoms in total. The molecular formula is C23H40N2. The molecule has 0 atom stereocenters. The standard InChI is InChI=1S/C18H26N2.C3H8.C2H6/c1-2-5-17(6-3-1)20-11-7-16(8-12-20)13-19-14-18(15-19)9-4-10-18;1-3-2;1-2/h1-3,5-6,16H,4,7-15H2;3H2,1-2H3;1-2H3. The van der Waals surface area contributed by atoms with Gasteiger partial charge in [-0.2, -0.15) is 0 Å². The van der Waals surface area contributed by atoms with Crippen LogP contribution >= 0.6 is 0 Å². The second kappa shape index (κ2) is 10.2. The summed E-state index contributed by atoms with van der Waals surface area (Å²) in [6.45, 7) is 14.9. The molecular weight excluding hydrogens is 304 g/mol. The Morgan fingerprint density at radius 1 is 0.960 bits per heavy atom. The fourth-order valence-corrected chi connectivity index (χ4v) is 4.40. The number of benzene rings is 1. The number of hydrogen-bond donors (Lipinski definition) is 0. The van der Waals surface area contributed by atoms with Crippen molar-refractivity contribution >= 4 is 5.69 Å². The van der Waals surface area contributed by atoms with Crippen molar-refractivity contribution in [2.45, 2.75) is 66.2 Å². The monoisotopic (exact) mass is 344 g/mol. The van der Waals surface area contributed by atoms with Gasteiger partial charge in [-0.15, -0.1) is 0 Å². The fraction of sp³-hybridized carbons (Fsp3) is 0.739. The molecule has 0 aromatic heterocycles. The smallest absolute Gasteiger partial charge is 0.0366 e. The zero-order chi connectivity index (χ0) is 18.1. The maximum atomic E-state index is 2.72. The number of nitrogens with zero attached hydrogens (tertiary/aromatic N) is 2. The summed E-state index contributed by atoms with van der Waals surface area (Å²) in [5.41, 5.74) is 2.20. The Morgan fingerprint density at radius 2 is 1.52 bits per heavy atom. The highest BCUT2D eigenvalue weighted by atomic mass is 15.2. The Morgan fingerprint density at radius 3 is 2.00 bits per heavy atom. The summed E-state index contributed by atoms with van der Waals surface area (Å²) < 4.78 is 0. The van der Waals surface area contributed by atoms with Gasteiger partial charge in [-0.25, -0.2) is 0 Å². The minimum Gasteiger partial charge on any atom is -0.372 e. The number of anilines is 1. The van der Waals surface area contributed by atoms with Gasteiger partial charge < -0.3 is 9.80 Å². The Hall–Kier alpha value is -1.02. The lowest BCUT2D eigenvalue weighted by Crippen LogP contribution is -2.60. The highest BCUT2D eigenvalue weighted by molar-refractivity contribution is 5.46. The lowest BCUT2D eigenvalue weighted by atomic mass is 9.63. The second-order valence-corrected chi connectivity index (χ2v) is 8.00. The Balaban J connectivity index is 0.000000410. The first-order valence-electron chi connectivity index (χ1n) is 10.8. The van der Waals surface area contributed by atoms with Gasteiger partial charge in [0.25, 0.3) is 0 Å². The Kier molecular flexibility index (Phi) is 8.29. The van der Waals surface area contributed by atoms with Crippen LogP contribution in [0, 0.1) is 11.3 Å². The van der Waals surface area contributed by atoms with E-state index in [4.69, 9.17) is 0 Å². The third-order valence-electron chi connectivity index (χ3n) is 5.78. The zero-order valence-corrected chi connectivity index (χ0v) is 17.1. The number of hydrogen-bond acceptors (Lipinski definition) is 2. The van der Waals surface area contributed by atoms with Gasteiger partial charge in [0, 0.05) is 38.4 Å². The summed E-state index contributed by atoms with van der Waals surface area (Å²) in [6, 6.07) is 10.9. The van der Waals surface area contributed by atoms with Gasteiger partial charge in [0.1, 0.15) is 0 Å². The molecule has 0 bridgehead atoms. The van der Waals surface area contributed by atoms with E-state index in [0.29, 0.717) is 0 Å². The van der Waals surface area contributed by atoms with Crippen molar-refractivity contribution in [2.24, 2.45) is 11.3 Å². The van der Waals surface area contributed by atoms with E-state index in [1.54, 1.807) is 0 Å². The van der Waals surface area contributed by atoms with Crippen LogP contribution in [0.1, 0.15) is 66.2 Å². The van der Waals surface area contributed by atoms with Crippen LogP contribution in [0.3, 0.4) is 0 Å². The summed E-state index contributed by atoms with van der Waals surface area (Å²) in [5, 5.41) is 0. The molecule has 1 aromatic rings. The summed E-state index contributed by atoms with van der Waals surface area (Å²) >= 11 is 0. The molecule has 0 radical (unpaired) electrons. The van der Waals surface area contributed by atoms with Crippen LogP contribution in [-0.2, 0) is 0 Å². The Bertz CT molecular complexity index is 450. The molecule has 2 saturated heterocycles. The normalized spacial score (nSPS) is 22.0. The van der Waals surface area contributed by atoms with Gasteiger partial charge in [-0.05, 0) is 49.1 Å². The van der Waals surface area contributed by atoms with E-state index in [0.717, 1.165) is 11.3 Å². The van der Waals surface area contributed by atoms with Gasteiger partial charge >= 0.3 is 0 Å². The number of piperidine rings is 1. The highest BCUT2D eigenvalue weighted by Crippen LogP contribution is 2.48. The van der Waals surface area contributed by atoms with E-state index >= 15 is 0 Å².